The summed E-state index contributed by atoms with van der Waals surface area (Å²) in [7, 11) is 0. The molecular weight excluding hydrogens is 302 g/mol. The highest BCUT2D eigenvalue weighted by Crippen LogP contribution is 2.39. The van der Waals surface area contributed by atoms with Crippen LogP contribution in [-0.4, -0.2) is 28.2 Å². The Kier molecular flexibility index (Phi) is 4.14. The normalized spacial score (nSPS) is 20.9. The van der Waals surface area contributed by atoms with Crippen molar-refractivity contribution in [2.75, 3.05) is 0 Å². The monoisotopic (exact) mass is 326 g/mol. The zero-order valence-electron chi connectivity index (χ0n) is 14.7. The summed E-state index contributed by atoms with van der Waals surface area (Å²) >= 11 is 0. The maximum Gasteiger partial charge on any atom is 0.339 e. The average molecular weight is 326 g/mol. The first-order valence-electron chi connectivity index (χ1n) is 8.37. The predicted molar refractivity (Wildman–Crippen MR) is 95.7 cm³/mol. The number of carbonyl (C=O) groups excluding carboxylic acids is 1. The number of fused-ring (bicyclic) bond motifs is 1. The van der Waals surface area contributed by atoms with Crippen LogP contribution < -0.4 is 0 Å². The Morgan fingerprint density at radius 2 is 1.62 bits per heavy atom. The van der Waals surface area contributed by atoms with Crippen LogP contribution in [-0.2, 0) is 4.74 Å². The van der Waals surface area contributed by atoms with E-state index in [9.17, 15) is 10.0 Å². The third-order valence-corrected chi connectivity index (χ3v) is 4.84. The van der Waals surface area contributed by atoms with Gasteiger partial charge in [-0.15, -0.1) is 0 Å². The van der Waals surface area contributed by atoms with Crippen molar-refractivity contribution in [2.45, 2.75) is 57.7 Å². The first kappa shape index (κ1) is 16.9. The van der Waals surface area contributed by atoms with Crippen molar-refractivity contribution in [2.24, 2.45) is 0 Å². The van der Waals surface area contributed by atoms with Gasteiger partial charge in [-0.25, -0.2) is 4.79 Å². The van der Waals surface area contributed by atoms with E-state index in [1.165, 1.54) is 0 Å². The van der Waals surface area contributed by atoms with Crippen molar-refractivity contribution in [3.63, 3.8) is 0 Å². The summed E-state index contributed by atoms with van der Waals surface area (Å²) in [5.74, 6) is -0.317. The van der Waals surface area contributed by atoms with Crippen LogP contribution >= 0.6 is 0 Å². The number of carbonyl (C=O) groups is 1. The minimum absolute atomic E-state index is 0.258. The van der Waals surface area contributed by atoms with E-state index < -0.39 is 11.1 Å². The van der Waals surface area contributed by atoms with E-state index in [1.54, 1.807) is 6.07 Å². The molecular formula is C20H24NO3-. The molecule has 24 heavy (non-hydrogen) atoms. The number of rotatable bonds is 2. The highest BCUT2D eigenvalue weighted by Gasteiger charge is 2.41. The van der Waals surface area contributed by atoms with Crippen molar-refractivity contribution in [3.05, 3.63) is 53.2 Å². The molecule has 0 aliphatic carbocycles. The average Bonchev–Trinajstić information content (AvgIpc) is 2.51. The van der Waals surface area contributed by atoms with Crippen molar-refractivity contribution < 1.29 is 9.53 Å². The van der Waals surface area contributed by atoms with Gasteiger partial charge in [-0.2, -0.15) is 0 Å². The molecule has 1 saturated heterocycles. The molecule has 0 unspecified atom stereocenters. The van der Waals surface area contributed by atoms with Crippen molar-refractivity contribution in [3.8, 4) is 0 Å². The van der Waals surface area contributed by atoms with Gasteiger partial charge >= 0.3 is 5.97 Å². The second-order valence-corrected chi connectivity index (χ2v) is 7.88. The maximum absolute atomic E-state index is 12.7. The lowest BCUT2D eigenvalue weighted by Gasteiger charge is -2.59. The topological polar surface area (TPSA) is 52.6 Å². The van der Waals surface area contributed by atoms with E-state index in [1.807, 2.05) is 64.1 Å². The number of esters is 1. The fourth-order valence-corrected chi connectivity index (χ4v) is 3.87. The van der Waals surface area contributed by atoms with Gasteiger partial charge in [0.05, 0.1) is 5.56 Å². The first-order chi connectivity index (χ1) is 11.2. The number of hydrogen-bond donors (Lipinski definition) is 0. The van der Waals surface area contributed by atoms with Crippen LogP contribution in [0.4, 0.5) is 0 Å². The molecule has 4 nitrogen and oxygen atoms in total. The Hall–Kier alpha value is -1.91. The molecule has 1 aliphatic rings. The summed E-state index contributed by atoms with van der Waals surface area (Å²) in [5.41, 5.74) is -0.523. The van der Waals surface area contributed by atoms with Gasteiger partial charge in [-0.1, -0.05) is 36.4 Å². The molecule has 1 aliphatic heterocycles. The van der Waals surface area contributed by atoms with Crippen LogP contribution in [0.2, 0.25) is 0 Å². The molecule has 3 rings (SSSR count). The van der Waals surface area contributed by atoms with Crippen LogP contribution in [0.25, 0.3) is 10.8 Å². The molecule has 4 heteroatoms. The highest BCUT2D eigenvalue weighted by molar-refractivity contribution is 6.04. The molecule has 1 heterocycles. The molecule has 0 atom stereocenters. The van der Waals surface area contributed by atoms with Gasteiger partial charge < -0.3 is 15.0 Å². The Bertz CT molecular complexity index is 743. The second kappa shape index (κ2) is 5.87. The number of hydrogen-bond acceptors (Lipinski definition) is 4. The molecule has 0 spiro atoms. The quantitative estimate of drug-likeness (QED) is 0.762. The van der Waals surface area contributed by atoms with Gasteiger partial charge in [0.25, 0.3) is 0 Å². The SMILES string of the molecule is CC1(C)CC(OC(=O)c2cccc3ccccc23)CC(C)(C)N1[O-]. The molecule has 2 aromatic rings. The minimum Gasteiger partial charge on any atom is -0.784 e. The number of hydroxylamine groups is 2. The summed E-state index contributed by atoms with van der Waals surface area (Å²) in [6.45, 7) is 7.61. The van der Waals surface area contributed by atoms with E-state index >= 15 is 0 Å². The van der Waals surface area contributed by atoms with Crippen molar-refractivity contribution >= 4 is 16.7 Å². The molecule has 2 aromatic carbocycles. The third kappa shape index (κ3) is 3.04. The summed E-state index contributed by atoms with van der Waals surface area (Å²) in [4.78, 5) is 12.7. The second-order valence-electron chi connectivity index (χ2n) is 7.88. The summed E-state index contributed by atoms with van der Waals surface area (Å²) in [5, 5.41) is 15.5. The summed E-state index contributed by atoms with van der Waals surface area (Å²) in [6, 6.07) is 13.4. The lowest BCUT2D eigenvalue weighted by atomic mass is 9.80. The fourth-order valence-electron chi connectivity index (χ4n) is 3.87. The lowest BCUT2D eigenvalue weighted by molar-refractivity contribution is -0.0616. The van der Waals surface area contributed by atoms with E-state index in [0.29, 0.717) is 18.4 Å². The third-order valence-electron chi connectivity index (χ3n) is 4.84. The molecule has 0 N–H and O–H groups in total. The van der Waals surface area contributed by atoms with Gasteiger partial charge in [0.1, 0.15) is 6.10 Å². The molecule has 0 amide bonds. The molecule has 0 radical (unpaired) electrons. The van der Waals surface area contributed by atoms with Gasteiger partial charge in [-0.05, 0) is 44.5 Å². The first-order valence-corrected chi connectivity index (χ1v) is 8.37. The largest absolute Gasteiger partial charge is 0.784 e. The van der Waals surface area contributed by atoms with Crippen LogP contribution in [0.3, 0.4) is 0 Å². The van der Waals surface area contributed by atoms with E-state index in [-0.39, 0.29) is 12.1 Å². The predicted octanol–water partition coefficient (Wildman–Crippen LogP) is 4.52. The van der Waals surface area contributed by atoms with Crippen LogP contribution in [0.1, 0.15) is 50.9 Å². The lowest BCUT2D eigenvalue weighted by Crippen LogP contribution is -2.59. The van der Waals surface area contributed by atoms with E-state index in [2.05, 4.69) is 0 Å². The summed E-state index contributed by atoms with van der Waals surface area (Å²) in [6.07, 6.45) is 0.819. The van der Waals surface area contributed by atoms with Crippen LogP contribution in [0.5, 0.6) is 0 Å². The number of nitrogens with zero attached hydrogens (tertiary/aromatic N) is 1. The van der Waals surface area contributed by atoms with Gasteiger partial charge in [-0.3, -0.25) is 0 Å². The minimum atomic E-state index is -0.550. The number of benzene rings is 2. The number of piperidine rings is 1. The summed E-state index contributed by atoms with van der Waals surface area (Å²) < 4.78 is 5.80. The molecule has 0 saturated carbocycles. The molecule has 0 aromatic heterocycles. The fraction of sp³-hybridized carbons (Fsp3) is 0.450. The standard InChI is InChI=1S/C20H24NO3/c1-19(2)12-15(13-20(3,4)21(19)23)24-18(22)17-11-7-9-14-8-5-6-10-16(14)17/h5-11,15H,12-13H2,1-4H3/q-1. The zero-order valence-corrected chi connectivity index (χ0v) is 14.7. The van der Waals surface area contributed by atoms with Crippen molar-refractivity contribution in [1.29, 1.82) is 0 Å². The van der Waals surface area contributed by atoms with Gasteiger partial charge in [0.2, 0.25) is 0 Å². The zero-order chi connectivity index (χ0) is 17.5. The Morgan fingerprint density at radius 1 is 1.04 bits per heavy atom. The van der Waals surface area contributed by atoms with Gasteiger partial charge in [0.15, 0.2) is 0 Å². The smallest absolute Gasteiger partial charge is 0.339 e. The molecule has 128 valence electrons. The van der Waals surface area contributed by atoms with Crippen molar-refractivity contribution in [1.82, 2.24) is 5.06 Å². The highest BCUT2D eigenvalue weighted by atomic mass is 16.5. The molecule has 1 fully saturated rings. The van der Waals surface area contributed by atoms with Crippen LogP contribution in [0.15, 0.2) is 42.5 Å². The number of ether oxygens (including phenoxy) is 1. The molecule has 0 bridgehead atoms. The van der Waals surface area contributed by atoms with E-state index in [0.717, 1.165) is 15.8 Å². The van der Waals surface area contributed by atoms with Crippen LogP contribution in [0, 0.1) is 5.21 Å². The van der Waals surface area contributed by atoms with E-state index in [4.69, 9.17) is 4.74 Å². The Balaban J connectivity index is 1.84. The van der Waals surface area contributed by atoms with Gasteiger partial charge in [0, 0.05) is 23.9 Å². The maximum atomic E-state index is 12.7. The Labute approximate surface area is 143 Å². The Morgan fingerprint density at radius 3 is 2.29 bits per heavy atom.